The Bertz CT molecular complexity index is 357. The van der Waals surface area contributed by atoms with Crippen LogP contribution in [0, 0.1) is 11.7 Å². The van der Waals surface area contributed by atoms with Crippen molar-refractivity contribution in [1.29, 1.82) is 0 Å². The summed E-state index contributed by atoms with van der Waals surface area (Å²) < 4.78 is 14.3. The molecule has 2 nitrogen and oxygen atoms in total. The highest BCUT2D eigenvalue weighted by Crippen LogP contribution is 2.15. The second-order valence-corrected chi connectivity index (χ2v) is 5.54. The van der Waals surface area contributed by atoms with Crippen molar-refractivity contribution in [2.24, 2.45) is 5.92 Å². The molecular weight excluding hydrogens is 285 g/mol. The normalized spacial score (nSPS) is 13.1. The molecule has 0 spiro atoms. The number of halogens is 2. The van der Waals surface area contributed by atoms with Crippen LogP contribution < -0.4 is 5.32 Å². The predicted molar refractivity (Wildman–Crippen MR) is 71.3 cm³/mol. The van der Waals surface area contributed by atoms with Crippen molar-refractivity contribution in [2.45, 2.75) is 32.9 Å². The molecule has 17 heavy (non-hydrogen) atoms. The first-order valence-electron chi connectivity index (χ1n) is 5.81. The highest BCUT2D eigenvalue weighted by atomic mass is 79.9. The molecule has 2 N–H and O–H groups in total. The molecule has 0 radical (unpaired) electrons. The van der Waals surface area contributed by atoms with Crippen LogP contribution in [0.5, 0.6) is 0 Å². The fourth-order valence-electron chi connectivity index (χ4n) is 1.71. The standard InChI is InChI=1S/C13H19BrFNO/c1-9(2)5-12(8-17)16-7-10-3-4-11(14)6-13(10)15/h3-4,6,9,12,16-17H,5,7-8H2,1-2H3. The summed E-state index contributed by atoms with van der Waals surface area (Å²) in [6.45, 7) is 4.72. The lowest BCUT2D eigenvalue weighted by atomic mass is 10.0. The van der Waals surface area contributed by atoms with E-state index in [0.717, 1.165) is 10.9 Å². The lowest BCUT2D eigenvalue weighted by molar-refractivity contribution is 0.223. The highest BCUT2D eigenvalue weighted by molar-refractivity contribution is 9.10. The number of hydrogen-bond acceptors (Lipinski definition) is 2. The Labute approximate surface area is 110 Å². The third-order valence-electron chi connectivity index (χ3n) is 2.57. The van der Waals surface area contributed by atoms with Crippen molar-refractivity contribution >= 4 is 15.9 Å². The molecule has 0 heterocycles. The number of aliphatic hydroxyl groups excluding tert-OH is 1. The summed E-state index contributed by atoms with van der Waals surface area (Å²) in [6.07, 6.45) is 0.884. The Morgan fingerprint density at radius 1 is 1.41 bits per heavy atom. The van der Waals surface area contributed by atoms with E-state index in [1.807, 2.05) is 6.07 Å². The lowest BCUT2D eigenvalue weighted by Crippen LogP contribution is -2.33. The SMILES string of the molecule is CC(C)CC(CO)NCc1ccc(Br)cc1F. The van der Waals surface area contributed by atoms with Gasteiger partial charge < -0.3 is 10.4 Å². The molecule has 4 heteroatoms. The third-order valence-corrected chi connectivity index (χ3v) is 3.07. The van der Waals surface area contributed by atoms with Gasteiger partial charge >= 0.3 is 0 Å². The molecule has 0 saturated heterocycles. The van der Waals surface area contributed by atoms with E-state index < -0.39 is 0 Å². The molecule has 0 bridgehead atoms. The van der Waals surface area contributed by atoms with Crippen LogP contribution >= 0.6 is 15.9 Å². The van der Waals surface area contributed by atoms with Crippen LogP contribution in [0.1, 0.15) is 25.8 Å². The number of rotatable bonds is 6. The Balaban J connectivity index is 2.53. The zero-order chi connectivity index (χ0) is 12.8. The molecule has 0 aliphatic carbocycles. The van der Waals surface area contributed by atoms with Gasteiger partial charge in [0.1, 0.15) is 5.82 Å². The van der Waals surface area contributed by atoms with Gasteiger partial charge in [-0.3, -0.25) is 0 Å². The zero-order valence-electron chi connectivity index (χ0n) is 10.2. The monoisotopic (exact) mass is 303 g/mol. The van der Waals surface area contributed by atoms with Crippen LogP contribution in [0.15, 0.2) is 22.7 Å². The molecule has 1 unspecified atom stereocenters. The number of aliphatic hydroxyl groups is 1. The number of benzene rings is 1. The lowest BCUT2D eigenvalue weighted by Gasteiger charge is -2.18. The van der Waals surface area contributed by atoms with Crippen LogP contribution in [0.3, 0.4) is 0 Å². The van der Waals surface area contributed by atoms with Gasteiger partial charge in [0.2, 0.25) is 0 Å². The van der Waals surface area contributed by atoms with Gasteiger partial charge in [0, 0.05) is 22.6 Å². The average Bonchev–Trinajstić information content (AvgIpc) is 2.25. The van der Waals surface area contributed by atoms with Gasteiger partial charge in [-0.1, -0.05) is 35.8 Å². The Morgan fingerprint density at radius 2 is 2.12 bits per heavy atom. The maximum absolute atomic E-state index is 13.5. The van der Waals surface area contributed by atoms with E-state index in [0.29, 0.717) is 18.0 Å². The molecule has 0 aromatic heterocycles. The minimum Gasteiger partial charge on any atom is -0.395 e. The maximum atomic E-state index is 13.5. The topological polar surface area (TPSA) is 32.3 Å². The van der Waals surface area contributed by atoms with Gasteiger partial charge in [0.05, 0.1) is 6.61 Å². The summed E-state index contributed by atoms with van der Waals surface area (Å²) in [5.74, 6) is 0.280. The van der Waals surface area contributed by atoms with E-state index in [9.17, 15) is 9.50 Å². The molecule has 0 amide bonds. The molecule has 0 aliphatic rings. The third kappa shape index (κ3) is 5.15. The molecule has 0 saturated carbocycles. The zero-order valence-corrected chi connectivity index (χ0v) is 11.8. The van der Waals surface area contributed by atoms with E-state index in [1.54, 1.807) is 6.07 Å². The molecule has 0 aliphatic heterocycles. The largest absolute Gasteiger partial charge is 0.395 e. The second-order valence-electron chi connectivity index (χ2n) is 4.63. The first-order chi connectivity index (χ1) is 8.02. The van der Waals surface area contributed by atoms with E-state index in [2.05, 4.69) is 35.1 Å². The van der Waals surface area contributed by atoms with Crippen LogP contribution in [0.4, 0.5) is 4.39 Å². The van der Waals surface area contributed by atoms with Gasteiger partial charge in [-0.2, -0.15) is 0 Å². The van der Waals surface area contributed by atoms with Crippen molar-refractivity contribution in [2.75, 3.05) is 6.61 Å². The fourth-order valence-corrected chi connectivity index (χ4v) is 2.04. The van der Waals surface area contributed by atoms with Gasteiger partial charge in [-0.05, 0) is 24.5 Å². The van der Waals surface area contributed by atoms with Crippen LogP contribution in [-0.2, 0) is 6.54 Å². The van der Waals surface area contributed by atoms with E-state index >= 15 is 0 Å². The van der Waals surface area contributed by atoms with Crippen LogP contribution in [0.25, 0.3) is 0 Å². The van der Waals surface area contributed by atoms with Crippen LogP contribution in [0.2, 0.25) is 0 Å². The van der Waals surface area contributed by atoms with Crippen molar-refractivity contribution in [3.05, 3.63) is 34.1 Å². The predicted octanol–water partition coefficient (Wildman–Crippen LogP) is 3.08. The summed E-state index contributed by atoms with van der Waals surface area (Å²) >= 11 is 3.22. The number of hydrogen-bond donors (Lipinski definition) is 2. The minimum atomic E-state index is -0.229. The van der Waals surface area contributed by atoms with Gasteiger partial charge in [-0.15, -0.1) is 0 Å². The van der Waals surface area contributed by atoms with Crippen molar-refractivity contribution < 1.29 is 9.50 Å². The summed E-state index contributed by atoms with van der Waals surface area (Å²) in [5.41, 5.74) is 0.621. The fraction of sp³-hybridized carbons (Fsp3) is 0.538. The molecular formula is C13H19BrFNO. The van der Waals surface area contributed by atoms with E-state index in [1.165, 1.54) is 6.07 Å². The Hall–Kier alpha value is -0.450. The van der Waals surface area contributed by atoms with Crippen molar-refractivity contribution in [1.82, 2.24) is 5.32 Å². The van der Waals surface area contributed by atoms with Gasteiger partial charge in [0.15, 0.2) is 0 Å². The van der Waals surface area contributed by atoms with E-state index in [-0.39, 0.29) is 18.5 Å². The van der Waals surface area contributed by atoms with Gasteiger partial charge in [0.25, 0.3) is 0 Å². The Kier molecular flexibility index (Phi) is 6.09. The molecule has 0 fully saturated rings. The molecule has 1 rings (SSSR count). The average molecular weight is 304 g/mol. The van der Waals surface area contributed by atoms with Crippen molar-refractivity contribution in [3.63, 3.8) is 0 Å². The summed E-state index contributed by atoms with van der Waals surface area (Å²) in [4.78, 5) is 0. The minimum absolute atomic E-state index is 0.0260. The highest BCUT2D eigenvalue weighted by Gasteiger charge is 2.10. The number of nitrogens with one attached hydrogen (secondary N) is 1. The molecule has 1 aromatic carbocycles. The molecule has 1 atom stereocenters. The Morgan fingerprint density at radius 3 is 2.65 bits per heavy atom. The maximum Gasteiger partial charge on any atom is 0.128 e. The van der Waals surface area contributed by atoms with Crippen LogP contribution in [-0.4, -0.2) is 17.8 Å². The molecule has 1 aromatic rings. The molecule has 96 valence electrons. The summed E-state index contributed by atoms with van der Waals surface area (Å²) in [5, 5.41) is 12.4. The summed E-state index contributed by atoms with van der Waals surface area (Å²) in [6, 6.07) is 5.04. The van der Waals surface area contributed by atoms with E-state index in [4.69, 9.17) is 0 Å². The first kappa shape index (κ1) is 14.6. The smallest absolute Gasteiger partial charge is 0.128 e. The van der Waals surface area contributed by atoms with Crippen molar-refractivity contribution in [3.8, 4) is 0 Å². The van der Waals surface area contributed by atoms with Gasteiger partial charge in [-0.25, -0.2) is 4.39 Å². The quantitative estimate of drug-likeness (QED) is 0.846. The first-order valence-corrected chi connectivity index (χ1v) is 6.60. The summed E-state index contributed by atoms with van der Waals surface area (Å²) in [7, 11) is 0. The second kappa shape index (κ2) is 7.09.